The number of amides is 1. The predicted octanol–water partition coefficient (Wildman–Crippen LogP) is 3.70. The molecule has 28 heavy (non-hydrogen) atoms. The fourth-order valence-corrected chi connectivity index (χ4v) is 4.37. The van der Waals surface area contributed by atoms with E-state index in [2.05, 4.69) is 26.0 Å². The highest BCUT2D eigenvalue weighted by Gasteiger charge is 2.17. The summed E-state index contributed by atoms with van der Waals surface area (Å²) in [5.74, 6) is 0.207. The number of carbonyl (C=O) groups excluding carboxylic acids is 1. The Morgan fingerprint density at radius 2 is 1.86 bits per heavy atom. The SMILES string of the molecule is Cc1cc(S(=O)(=O)NC(C)C)ccc1OCC(=O)N[C@@H](C)c1cccc(Br)c1. The number of hydrogen-bond donors (Lipinski definition) is 2. The van der Waals surface area contributed by atoms with E-state index < -0.39 is 10.0 Å². The number of rotatable bonds is 8. The van der Waals surface area contributed by atoms with Crippen molar-refractivity contribution < 1.29 is 17.9 Å². The van der Waals surface area contributed by atoms with Gasteiger partial charge in [-0.05, 0) is 69.2 Å². The summed E-state index contributed by atoms with van der Waals surface area (Å²) in [4.78, 5) is 12.4. The molecule has 1 atom stereocenters. The monoisotopic (exact) mass is 468 g/mol. The van der Waals surface area contributed by atoms with E-state index in [1.165, 1.54) is 12.1 Å². The van der Waals surface area contributed by atoms with Gasteiger partial charge in [-0.2, -0.15) is 0 Å². The van der Waals surface area contributed by atoms with Gasteiger partial charge in [0.1, 0.15) is 5.75 Å². The largest absolute Gasteiger partial charge is 0.484 e. The summed E-state index contributed by atoms with van der Waals surface area (Å²) < 4.78 is 33.5. The summed E-state index contributed by atoms with van der Waals surface area (Å²) in [5, 5.41) is 2.88. The number of ether oxygens (including phenoxy) is 1. The molecule has 0 aliphatic heterocycles. The van der Waals surface area contributed by atoms with E-state index in [4.69, 9.17) is 4.74 Å². The molecule has 8 heteroatoms. The molecule has 0 radical (unpaired) electrons. The topological polar surface area (TPSA) is 84.5 Å². The molecule has 0 heterocycles. The van der Waals surface area contributed by atoms with Gasteiger partial charge in [0.05, 0.1) is 10.9 Å². The third-order valence-electron chi connectivity index (χ3n) is 3.93. The van der Waals surface area contributed by atoms with Gasteiger partial charge in [0, 0.05) is 10.5 Å². The Morgan fingerprint density at radius 1 is 1.14 bits per heavy atom. The Bertz CT molecular complexity index is 945. The number of aryl methyl sites for hydroxylation is 1. The normalized spacial score (nSPS) is 12.6. The molecule has 0 aliphatic carbocycles. The number of sulfonamides is 1. The Balaban J connectivity index is 1.98. The van der Waals surface area contributed by atoms with Crippen LogP contribution >= 0.6 is 15.9 Å². The maximum atomic E-state index is 12.2. The van der Waals surface area contributed by atoms with Crippen molar-refractivity contribution in [1.82, 2.24) is 10.0 Å². The maximum absolute atomic E-state index is 12.2. The van der Waals surface area contributed by atoms with Crippen molar-refractivity contribution in [2.24, 2.45) is 0 Å². The highest BCUT2D eigenvalue weighted by molar-refractivity contribution is 9.10. The number of nitrogens with one attached hydrogen (secondary N) is 2. The van der Waals surface area contributed by atoms with Gasteiger partial charge in [-0.15, -0.1) is 0 Å². The fourth-order valence-electron chi connectivity index (χ4n) is 2.62. The second-order valence-corrected chi connectivity index (χ2v) is 9.47. The summed E-state index contributed by atoms with van der Waals surface area (Å²) in [7, 11) is -3.57. The van der Waals surface area contributed by atoms with Crippen LogP contribution in [0.25, 0.3) is 0 Å². The zero-order chi connectivity index (χ0) is 20.9. The standard InChI is InChI=1S/C20H25BrN2O4S/c1-13(2)23-28(25,26)18-8-9-19(14(3)10-18)27-12-20(24)22-15(4)16-6-5-7-17(21)11-16/h5-11,13,15,23H,12H2,1-4H3,(H,22,24)/t15-/m0/s1. The van der Waals surface area contributed by atoms with Gasteiger partial charge < -0.3 is 10.1 Å². The minimum atomic E-state index is -3.57. The molecule has 2 aromatic rings. The van der Waals surface area contributed by atoms with E-state index in [9.17, 15) is 13.2 Å². The minimum absolute atomic E-state index is 0.157. The first-order valence-electron chi connectivity index (χ1n) is 8.89. The summed E-state index contributed by atoms with van der Waals surface area (Å²) >= 11 is 3.41. The van der Waals surface area contributed by atoms with Crippen LogP contribution < -0.4 is 14.8 Å². The molecule has 0 aliphatic rings. The second-order valence-electron chi connectivity index (χ2n) is 6.84. The molecule has 0 aromatic heterocycles. The lowest BCUT2D eigenvalue weighted by atomic mass is 10.1. The molecule has 2 N–H and O–H groups in total. The van der Waals surface area contributed by atoms with Gasteiger partial charge in [-0.1, -0.05) is 28.1 Å². The molecule has 0 spiro atoms. The number of benzene rings is 2. The maximum Gasteiger partial charge on any atom is 0.258 e. The zero-order valence-corrected chi connectivity index (χ0v) is 18.7. The average molecular weight is 469 g/mol. The van der Waals surface area contributed by atoms with Gasteiger partial charge in [0.25, 0.3) is 5.91 Å². The molecule has 6 nitrogen and oxygen atoms in total. The van der Waals surface area contributed by atoms with Crippen molar-refractivity contribution in [3.05, 3.63) is 58.1 Å². The molecule has 0 unspecified atom stereocenters. The lowest BCUT2D eigenvalue weighted by Crippen LogP contribution is -2.31. The lowest BCUT2D eigenvalue weighted by Gasteiger charge is -2.16. The van der Waals surface area contributed by atoms with E-state index in [0.29, 0.717) is 11.3 Å². The van der Waals surface area contributed by atoms with Crippen molar-refractivity contribution in [2.75, 3.05) is 6.61 Å². The first kappa shape index (κ1) is 22.4. The molecular weight excluding hydrogens is 444 g/mol. The van der Waals surface area contributed by atoms with Crippen molar-refractivity contribution >= 4 is 31.9 Å². The van der Waals surface area contributed by atoms with E-state index in [0.717, 1.165) is 10.0 Å². The Kier molecular flexibility index (Phi) is 7.63. The van der Waals surface area contributed by atoms with Crippen LogP contribution in [0.5, 0.6) is 5.75 Å². The molecule has 0 saturated carbocycles. The van der Waals surface area contributed by atoms with E-state index in [-0.39, 0.29) is 29.5 Å². The number of halogens is 1. The van der Waals surface area contributed by atoms with E-state index in [1.807, 2.05) is 31.2 Å². The third-order valence-corrected chi connectivity index (χ3v) is 6.08. The van der Waals surface area contributed by atoms with Gasteiger partial charge in [0.2, 0.25) is 10.0 Å². The van der Waals surface area contributed by atoms with Crippen LogP contribution in [0.1, 0.15) is 37.9 Å². The highest BCUT2D eigenvalue weighted by Crippen LogP contribution is 2.22. The smallest absolute Gasteiger partial charge is 0.258 e. The zero-order valence-electron chi connectivity index (χ0n) is 16.3. The molecule has 0 saturated heterocycles. The molecule has 2 aromatic carbocycles. The van der Waals surface area contributed by atoms with Gasteiger partial charge in [0.15, 0.2) is 6.61 Å². The van der Waals surface area contributed by atoms with Crippen molar-refractivity contribution in [3.8, 4) is 5.75 Å². The number of carbonyl (C=O) groups is 1. The van der Waals surface area contributed by atoms with Crippen LogP contribution in [0, 0.1) is 6.92 Å². The quantitative estimate of drug-likeness (QED) is 0.618. The Morgan fingerprint density at radius 3 is 2.46 bits per heavy atom. The van der Waals surface area contributed by atoms with Gasteiger partial charge in [-0.3, -0.25) is 4.79 Å². The molecule has 2 rings (SSSR count). The second kappa shape index (κ2) is 9.54. The molecule has 152 valence electrons. The summed E-state index contributed by atoms with van der Waals surface area (Å²) in [6, 6.07) is 11.9. The fraction of sp³-hybridized carbons (Fsp3) is 0.350. The van der Waals surface area contributed by atoms with Crippen LogP contribution in [-0.2, 0) is 14.8 Å². The van der Waals surface area contributed by atoms with Gasteiger partial charge in [-0.25, -0.2) is 13.1 Å². The van der Waals surface area contributed by atoms with E-state index >= 15 is 0 Å². The summed E-state index contributed by atoms with van der Waals surface area (Å²) in [6.07, 6.45) is 0. The minimum Gasteiger partial charge on any atom is -0.484 e. The van der Waals surface area contributed by atoms with Crippen LogP contribution in [0.2, 0.25) is 0 Å². The predicted molar refractivity (Wildman–Crippen MR) is 113 cm³/mol. The van der Waals surface area contributed by atoms with E-state index in [1.54, 1.807) is 26.8 Å². The highest BCUT2D eigenvalue weighted by atomic mass is 79.9. The van der Waals surface area contributed by atoms with Crippen LogP contribution in [0.15, 0.2) is 51.8 Å². The average Bonchev–Trinajstić information content (AvgIpc) is 2.59. The number of hydrogen-bond acceptors (Lipinski definition) is 4. The van der Waals surface area contributed by atoms with Crippen molar-refractivity contribution in [2.45, 2.75) is 44.7 Å². The third kappa shape index (κ3) is 6.32. The van der Waals surface area contributed by atoms with Crippen molar-refractivity contribution in [1.29, 1.82) is 0 Å². The molecule has 0 bridgehead atoms. The first-order valence-corrected chi connectivity index (χ1v) is 11.2. The summed E-state index contributed by atoms with van der Waals surface area (Å²) in [5.41, 5.74) is 1.62. The molecular formula is C20H25BrN2O4S. The molecule has 1 amide bonds. The Labute approximate surface area is 174 Å². The van der Waals surface area contributed by atoms with Crippen LogP contribution in [0.4, 0.5) is 0 Å². The van der Waals surface area contributed by atoms with Gasteiger partial charge >= 0.3 is 0 Å². The Hall–Kier alpha value is -1.90. The first-order chi connectivity index (χ1) is 13.1. The summed E-state index contributed by atoms with van der Waals surface area (Å²) in [6.45, 7) is 7.00. The molecule has 0 fully saturated rings. The lowest BCUT2D eigenvalue weighted by molar-refractivity contribution is -0.123. The van der Waals surface area contributed by atoms with Crippen LogP contribution in [-0.4, -0.2) is 27.0 Å². The van der Waals surface area contributed by atoms with Crippen LogP contribution in [0.3, 0.4) is 0 Å². The van der Waals surface area contributed by atoms with Crippen molar-refractivity contribution in [3.63, 3.8) is 0 Å².